The van der Waals surface area contributed by atoms with Crippen LogP contribution in [-0.4, -0.2) is 10.0 Å². The summed E-state index contributed by atoms with van der Waals surface area (Å²) in [4.78, 5) is 10.6. The molecule has 0 radical (unpaired) electrons. The predicted octanol–water partition coefficient (Wildman–Crippen LogP) is 3.75. The Bertz CT molecular complexity index is 620. The largest absolute Gasteiger partial charge is 0.450 e. The molecule has 0 spiro atoms. The van der Waals surface area contributed by atoms with Gasteiger partial charge in [-0.3, -0.25) is 10.1 Å². The Morgan fingerprint density at radius 1 is 1.20 bits per heavy atom. The van der Waals surface area contributed by atoms with Crippen LogP contribution in [0, 0.1) is 17.0 Å². The molecular formula is C15H15NO4. The predicted molar refractivity (Wildman–Crippen MR) is 75.0 cm³/mol. The molecule has 0 fully saturated rings. The molecule has 0 saturated carbocycles. The maximum absolute atomic E-state index is 11.1. The fourth-order valence-corrected chi connectivity index (χ4v) is 1.76. The number of aryl methyl sites for hydroxylation is 1. The Kier molecular flexibility index (Phi) is 4.00. The van der Waals surface area contributed by atoms with Gasteiger partial charge in [-0.1, -0.05) is 23.8 Å². The number of hydrogen-bond donors (Lipinski definition) is 1. The van der Waals surface area contributed by atoms with Crippen molar-refractivity contribution >= 4 is 5.69 Å². The first-order chi connectivity index (χ1) is 9.47. The molecule has 0 aromatic heterocycles. The molecule has 0 aliphatic rings. The third-order valence-corrected chi connectivity index (χ3v) is 2.91. The summed E-state index contributed by atoms with van der Waals surface area (Å²) in [7, 11) is 0. The van der Waals surface area contributed by atoms with Gasteiger partial charge in [-0.2, -0.15) is 0 Å². The molecule has 0 aliphatic heterocycles. The summed E-state index contributed by atoms with van der Waals surface area (Å²) >= 11 is 0. The van der Waals surface area contributed by atoms with Gasteiger partial charge in [0.1, 0.15) is 5.75 Å². The van der Waals surface area contributed by atoms with Crippen LogP contribution in [0.5, 0.6) is 11.5 Å². The van der Waals surface area contributed by atoms with Crippen LogP contribution in [0.25, 0.3) is 0 Å². The molecule has 0 amide bonds. The van der Waals surface area contributed by atoms with E-state index in [0.717, 1.165) is 5.56 Å². The first-order valence-electron chi connectivity index (χ1n) is 6.18. The third kappa shape index (κ3) is 3.13. The van der Waals surface area contributed by atoms with Crippen LogP contribution in [0.1, 0.15) is 24.2 Å². The molecule has 1 unspecified atom stereocenters. The zero-order valence-corrected chi connectivity index (χ0v) is 11.2. The molecule has 0 saturated heterocycles. The number of aliphatic hydroxyl groups is 1. The van der Waals surface area contributed by atoms with E-state index in [-0.39, 0.29) is 11.4 Å². The highest BCUT2D eigenvalue weighted by Gasteiger charge is 2.18. The van der Waals surface area contributed by atoms with Gasteiger partial charge in [-0.05, 0) is 37.6 Å². The minimum absolute atomic E-state index is 0.156. The second-order valence-corrected chi connectivity index (χ2v) is 4.58. The molecule has 2 aromatic carbocycles. The highest BCUT2D eigenvalue weighted by molar-refractivity contribution is 5.51. The Morgan fingerprint density at radius 3 is 2.40 bits per heavy atom. The minimum Gasteiger partial charge on any atom is -0.450 e. The topological polar surface area (TPSA) is 72.6 Å². The van der Waals surface area contributed by atoms with Crippen molar-refractivity contribution in [2.45, 2.75) is 20.0 Å². The van der Waals surface area contributed by atoms with Crippen molar-refractivity contribution in [1.29, 1.82) is 0 Å². The average molecular weight is 273 g/mol. The quantitative estimate of drug-likeness (QED) is 0.680. The summed E-state index contributed by atoms with van der Waals surface area (Å²) in [5, 5.41) is 20.6. The summed E-state index contributed by atoms with van der Waals surface area (Å²) in [6.45, 7) is 3.50. The lowest BCUT2D eigenvalue weighted by molar-refractivity contribution is -0.385. The number of aliphatic hydroxyl groups excluding tert-OH is 1. The van der Waals surface area contributed by atoms with Gasteiger partial charge in [-0.25, -0.2) is 0 Å². The van der Waals surface area contributed by atoms with E-state index in [1.807, 2.05) is 19.1 Å². The highest BCUT2D eigenvalue weighted by Crippen LogP contribution is 2.33. The second-order valence-electron chi connectivity index (χ2n) is 4.58. The van der Waals surface area contributed by atoms with Crippen molar-refractivity contribution in [2.75, 3.05) is 0 Å². The van der Waals surface area contributed by atoms with Gasteiger partial charge in [0.15, 0.2) is 0 Å². The molecule has 2 aromatic rings. The maximum atomic E-state index is 11.1. The number of benzene rings is 2. The molecule has 2 rings (SSSR count). The number of rotatable bonds is 4. The van der Waals surface area contributed by atoms with Crippen molar-refractivity contribution in [3.63, 3.8) is 0 Å². The second kappa shape index (κ2) is 5.71. The lowest BCUT2D eigenvalue weighted by Gasteiger charge is -2.09. The Labute approximate surface area is 116 Å². The van der Waals surface area contributed by atoms with E-state index in [1.54, 1.807) is 25.1 Å². The molecular weight excluding hydrogens is 258 g/mol. The first kappa shape index (κ1) is 14.0. The lowest BCUT2D eigenvalue weighted by atomic mass is 10.1. The van der Waals surface area contributed by atoms with Crippen LogP contribution in [0.4, 0.5) is 5.69 Å². The summed E-state index contributed by atoms with van der Waals surface area (Å²) in [5.74, 6) is 0.687. The van der Waals surface area contributed by atoms with Crippen LogP contribution >= 0.6 is 0 Å². The molecule has 0 heterocycles. The molecule has 104 valence electrons. The number of nitro benzene ring substituents is 1. The standard InChI is InChI=1S/C15H15NO4/c1-10-3-6-13(7-4-10)20-15-8-5-12(11(2)17)9-14(15)16(18)19/h3-9,11,17H,1-2H3. The van der Waals surface area contributed by atoms with Gasteiger partial charge in [0.25, 0.3) is 0 Å². The first-order valence-corrected chi connectivity index (χ1v) is 6.18. The number of ether oxygens (including phenoxy) is 1. The Morgan fingerprint density at radius 2 is 1.85 bits per heavy atom. The summed E-state index contributed by atoms with van der Waals surface area (Å²) in [6, 6.07) is 11.7. The van der Waals surface area contributed by atoms with E-state index in [9.17, 15) is 15.2 Å². The zero-order valence-electron chi connectivity index (χ0n) is 11.2. The fraction of sp³-hybridized carbons (Fsp3) is 0.200. The van der Waals surface area contributed by atoms with Gasteiger partial charge < -0.3 is 9.84 Å². The normalized spacial score (nSPS) is 11.9. The van der Waals surface area contributed by atoms with Crippen LogP contribution in [0.3, 0.4) is 0 Å². The molecule has 1 N–H and O–H groups in total. The average Bonchev–Trinajstić information content (AvgIpc) is 2.41. The van der Waals surface area contributed by atoms with Gasteiger partial charge in [0.05, 0.1) is 11.0 Å². The summed E-state index contributed by atoms with van der Waals surface area (Å²) < 4.78 is 5.54. The number of hydrogen-bond acceptors (Lipinski definition) is 4. The highest BCUT2D eigenvalue weighted by atomic mass is 16.6. The zero-order chi connectivity index (χ0) is 14.7. The molecule has 0 aliphatic carbocycles. The van der Waals surface area contributed by atoms with Gasteiger partial charge in [0.2, 0.25) is 5.75 Å². The van der Waals surface area contributed by atoms with Crippen molar-refractivity contribution in [1.82, 2.24) is 0 Å². The van der Waals surface area contributed by atoms with Gasteiger partial charge in [0, 0.05) is 6.07 Å². The van der Waals surface area contributed by atoms with E-state index in [1.165, 1.54) is 12.1 Å². The van der Waals surface area contributed by atoms with Gasteiger partial charge >= 0.3 is 5.69 Å². The molecule has 5 nitrogen and oxygen atoms in total. The Balaban J connectivity index is 2.35. The van der Waals surface area contributed by atoms with E-state index in [2.05, 4.69) is 0 Å². The maximum Gasteiger partial charge on any atom is 0.311 e. The summed E-state index contributed by atoms with van der Waals surface area (Å²) in [6.07, 6.45) is -0.762. The Hall–Kier alpha value is -2.40. The number of nitrogens with zero attached hydrogens (tertiary/aromatic N) is 1. The minimum atomic E-state index is -0.762. The SMILES string of the molecule is Cc1ccc(Oc2ccc(C(C)O)cc2[N+](=O)[O-])cc1. The van der Waals surface area contributed by atoms with E-state index in [4.69, 9.17) is 4.74 Å². The smallest absolute Gasteiger partial charge is 0.311 e. The molecule has 0 bridgehead atoms. The van der Waals surface area contributed by atoms with Crippen LogP contribution in [-0.2, 0) is 0 Å². The van der Waals surface area contributed by atoms with Crippen molar-refractivity contribution in [3.8, 4) is 11.5 Å². The van der Waals surface area contributed by atoms with Crippen LogP contribution < -0.4 is 4.74 Å². The van der Waals surface area contributed by atoms with E-state index >= 15 is 0 Å². The van der Waals surface area contributed by atoms with Crippen LogP contribution in [0.2, 0.25) is 0 Å². The van der Waals surface area contributed by atoms with Crippen molar-refractivity contribution < 1.29 is 14.8 Å². The monoisotopic (exact) mass is 273 g/mol. The van der Waals surface area contributed by atoms with Gasteiger partial charge in [-0.15, -0.1) is 0 Å². The third-order valence-electron chi connectivity index (χ3n) is 2.91. The van der Waals surface area contributed by atoms with Crippen molar-refractivity contribution in [2.24, 2.45) is 0 Å². The molecule has 20 heavy (non-hydrogen) atoms. The van der Waals surface area contributed by atoms with E-state index < -0.39 is 11.0 Å². The lowest BCUT2D eigenvalue weighted by Crippen LogP contribution is -1.97. The molecule has 5 heteroatoms. The van der Waals surface area contributed by atoms with Crippen LogP contribution in [0.15, 0.2) is 42.5 Å². The van der Waals surface area contributed by atoms with E-state index in [0.29, 0.717) is 11.3 Å². The molecule has 1 atom stereocenters. The number of nitro groups is 1. The summed E-state index contributed by atoms with van der Waals surface area (Å²) in [5.41, 5.74) is 1.40. The fourth-order valence-electron chi connectivity index (χ4n) is 1.76. The van der Waals surface area contributed by atoms with Crippen molar-refractivity contribution in [3.05, 3.63) is 63.7 Å².